The second kappa shape index (κ2) is 8.22. The Balaban J connectivity index is 1.69. The van der Waals surface area contributed by atoms with E-state index >= 15 is 0 Å². The van der Waals surface area contributed by atoms with Crippen molar-refractivity contribution < 1.29 is 4.92 Å². The number of para-hydroxylation sites is 1. The van der Waals surface area contributed by atoms with E-state index in [2.05, 4.69) is 16.5 Å². The summed E-state index contributed by atoms with van der Waals surface area (Å²) in [5.41, 5.74) is 9.23. The first-order valence-corrected chi connectivity index (χ1v) is 8.83. The standard InChI is InChI=1S/C20H20N6O2/c1-14-9-10-18(19(12-14)26(27)28)23-11-5-8-17-16(13-21)20(22)25(24-17)15-6-3-2-4-7-15/h2-4,6-7,9-10,12,23H,5,8,11,22H2,1H3. The van der Waals surface area contributed by atoms with Gasteiger partial charge in [0, 0.05) is 12.6 Å². The molecule has 0 aliphatic heterocycles. The Bertz CT molecular complexity index is 1040. The van der Waals surface area contributed by atoms with Crippen molar-refractivity contribution in [1.29, 1.82) is 5.26 Å². The fourth-order valence-corrected chi connectivity index (χ4v) is 2.96. The number of anilines is 2. The zero-order valence-corrected chi connectivity index (χ0v) is 15.4. The SMILES string of the molecule is Cc1ccc(NCCCc2nn(-c3ccccc3)c(N)c2C#N)c([N+](=O)[O-])c1. The van der Waals surface area contributed by atoms with Gasteiger partial charge in [0.1, 0.15) is 23.1 Å². The largest absolute Gasteiger partial charge is 0.382 e. The quantitative estimate of drug-likeness (QED) is 0.369. The Hall–Kier alpha value is -3.86. The monoisotopic (exact) mass is 376 g/mol. The van der Waals surface area contributed by atoms with Crippen LogP contribution in [0.2, 0.25) is 0 Å². The van der Waals surface area contributed by atoms with E-state index in [1.165, 1.54) is 0 Å². The van der Waals surface area contributed by atoms with Gasteiger partial charge >= 0.3 is 0 Å². The van der Waals surface area contributed by atoms with Gasteiger partial charge in [-0.1, -0.05) is 24.3 Å². The third-order valence-corrected chi connectivity index (χ3v) is 4.36. The van der Waals surface area contributed by atoms with Gasteiger partial charge in [-0.15, -0.1) is 0 Å². The number of aryl methyl sites for hydroxylation is 2. The number of rotatable bonds is 7. The smallest absolute Gasteiger partial charge is 0.292 e. The molecule has 8 heteroatoms. The van der Waals surface area contributed by atoms with Crippen molar-refractivity contribution in [3.63, 3.8) is 0 Å². The van der Waals surface area contributed by atoms with Crippen molar-refractivity contribution in [2.24, 2.45) is 0 Å². The number of nitrogens with two attached hydrogens (primary N) is 1. The Morgan fingerprint density at radius 3 is 2.71 bits per heavy atom. The molecule has 0 aliphatic rings. The van der Waals surface area contributed by atoms with Crippen LogP contribution in [0.1, 0.15) is 23.2 Å². The number of hydrogen-bond donors (Lipinski definition) is 2. The Morgan fingerprint density at radius 2 is 2.04 bits per heavy atom. The fourth-order valence-electron chi connectivity index (χ4n) is 2.96. The van der Waals surface area contributed by atoms with Gasteiger partial charge in [0.25, 0.3) is 5.69 Å². The van der Waals surface area contributed by atoms with E-state index in [4.69, 9.17) is 5.73 Å². The predicted molar refractivity (Wildman–Crippen MR) is 107 cm³/mol. The molecule has 28 heavy (non-hydrogen) atoms. The lowest BCUT2D eigenvalue weighted by molar-refractivity contribution is -0.384. The number of aromatic nitrogens is 2. The van der Waals surface area contributed by atoms with Crippen LogP contribution < -0.4 is 11.1 Å². The number of nitriles is 1. The summed E-state index contributed by atoms with van der Waals surface area (Å²) in [6, 6.07) is 16.6. The number of nitrogen functional groups attached to an aromatic ring is 1. The van der Waals surface area contributed by atoms with E-state index in [0.717, 1.165) is 11.3 Å². The van der Waals surface area contributed by atoms with Crippen LogP contribution in [-0.4, -0.2) is 21.2 Å². The molecule has 1 aromatic heterocycles. The summed E-state index contributed by atoms with van der Waals surface area (Å²) < 4.78 is 1.56. The van der Waals surface area contributed by atoms with Crippen LogP contribution in [-0.2, 0) is 6.42 Å². The second-order valence-electron chi connectivity index (χ2n) is 6.37. The molecule has 0 aliphatic carbocycles. The van der Waals surface area contributed by atoms with Crippen molar-refractivity contribution >= 4 is 17.2 Å². The van der Waals surface area contributed by atoms with Gasteiger partial charge in [-0.25, -0.2) is 4.68 Å². The average molecular weight is 376 g/mol. The number of nitro groups is 1. The molecule has 8 nitrogen and oxygen atoms in total. The van der Waals surface area contributed by atoms with Crippen molar-refractivity contribution in [3.05, 3.63) is 75.5 Å². The van der Waals surface area contributed by atoms with Crippen molar-refractivity contribution in [2.75, 3.05) is 17.6 Å². The fraction of sp³-hybridized carbons (Fsp3) is 0.200. The Kier molecular flexibility index (Phi) is 5.56. The number of nitrogens with one attached hydrogen (secondary N) is 1. The van der Waals surface area contributed by atoms with Crippen LogP contribution in [0.15, 0.2) is 48.5 Å². The molecule has 3 rings (SSSR count). The van der Waals surface area contributed by atoms with E-state index in [1.54, 1.807) is 16.8 Å². The molecular formula is C20H20N6O2. The number of nitro benzene ring substituents is 1. The van der Waals surface area contributed by atoms with E-state index < -0.39 is 4.92 Å². The third kappa shape index (κ3) is 3.94. The maximum atomic E-state index is 11.2. The van der Waals surface area contributed by atoms with E-state index in [-0.39, 0.29) is 5.69 Å². The van der Waals surface area contributed by atoms with Gasteiger partial charge in [0.2, 0.25) is 0 Å². The lowest BCUT2D eigenvalue weighted by atomic mass is 10.1. The first-order chi connectivity index (χ1) is 13.5. The van der Waals surface area contributed by atoms with Crippen LogP contribution in [0.5, 0.6) is 0 Å². The lowest BCUT2D eigenvalue weighted by Gasteiger charge is -2.07. The van der Waals surface area contributed by atoms with Crippen molar-refractivity contribution in [2.45, 2.75) is 19.8 Å². The molecule has 0 atom stereocenters. The van der Waals surface area contributed by atoms with Crippen molar-refractivity contribution in [3.8, 4) is 11.8 Å². The van der Waals surface area contributed by atoms with Crippen LogP contribution in [0.3, 0.4) is 0 Å². The maximum absolute atomic E-state index is 11.2. The molecule has 0 amide bonds. The molecule has 2 aromatic carbocycles. The van der Waals surface area contributed by atoms with Crippen LogP contribution >= 0.6 is 0 Å². The summed E-state index contributed by atoms with van der Waals surface area (Å²) in [6.07, 6.45) is 1.17. The lowest BCUT2D eigenvalue weighted by Crippen LogP contribution is -2.06. The second-order valence-corrected chi connectivity index (χ2v) is 6.37. The molecule has 142 valence electrons. The first kappa shape index (κ1) is 18.9. The van der Waals surface area contributed by atoms with Crippen LogP contribution in [0.4, 0.5) is 17.2 Å². The summed E-state index contributed by atoms with van der Waals surface area (Å²) in [4.78, 5) is 10.8. The molecule has 3 N–H and O–H groups in total. The van der Waals surface area contributed by atoms with Gasteiger partial charge in [0.15, 0.2) is 0 Å². The normalized spacial score (nSPS) is 10.4. The van der Waals surface area contributed by atoms with Gasteiger partial charge in [-0.05, 0) is 43.5 Å². The minimum absolute atomic E-state index is 0.0512. The van der Waals surface area contributed by atoms with E-state index in [0.29, 0.717) is 42.1 Å². The zero-order valence-electron chi connectivity index (χ0n) is 15.4. The predicted octanol–water partition coefficient (Wildman–Crippen LogP) is 3.59. The summed E-state index contributed by atoms with van der Waals surface area (Å²) in [6.45, 7) is 2.32. The van der Waals surface area contributed by atoms with E-state index in [1.807, 2.05) is 43.3 Å². The molecule has 0 radical (unpaired) electrons. The first-order valence-electron chi connectivity index (χ1n) is 8.83. The zero-order chi connectivity index (χ0) is 20.1. The average Bonchev–Trinajstić information content (AvgIpc) is 3.02. The maximum Gasteiger partial charge on any atom is 0.292 e. The van der Waals surface area contributed by atoms with Crippen molar-refractivity contribution in [1.82, 2.24) is 9.78 Å². The molecule has 0 fully saturated rings. The molecule has 1 heterocycles. The molecular weight excluding hydrogens is 356 g/mol. The molecule has 0 spiro atoms. The number of hydrogen-bond acceptors (Lipinski definition) is 6. The number of benzene rings is 2. The Morgan fingerprint density at radius 1 is 1.29 bits per heavy atom. The van der Waals surface area contributed by atoms with Gasteiger partial charge in [-0.2, -0.15) is 10.4 Å². The topological polar surface area (TPSA) is 123 Å². The molecule has 0 saturated heterocycles. The summed E-state index contributed by atoms with van der Waals surface area (Å²) >= 11 is 0. The highest BCUT2D eigenvalue weighted by Crippen LogP contribution is 2.25. The van der Waals surface area contributed by atoms with Gasteiger partial charge < -0.3 is 11.1 Å². The molecule has 0 bridgehead atoms. The van der Waals surface area contributed by atoms with Gasteiger partial charge in [-0.3, -0.25) is 10.1 Å². The summed E-state index contributed by atoms with van der Waals surface area (Å²) in [5, 5.41) is 28.2. The molecule has 0 saturated carbocycles. The highest BCUT2D eigenvalue weighted by molar-refractivity contribution is 5.62. The van der Waals surface area contributed by atoms with Crippen LogP contribution in [0.25, 0.3) is 5.69 Å². The van der Waals surface area contributed by atoms with Gasteiger partial charge in [0.05, 0.1) is 16.3 Å². The van der Waals surface area contributed by atoms with E-state index in [9.17, 15) is 15.4 Å². The third-order valence-electron chi connectivity index (χ3n) is 4.36. The molecule has 3 aromatic rings. The Labute approximate surface area is 162 Å². The minimum Gasteiger partial charge on any atom is -0.382 e. The summed E-state index contributed by atoms with van der Waals surface area (Å²) in [5.74, 6) is 0.311. The number of nitrogens with zero attached hydrogens (tertiary/aromatic N) is 4. The highest BCUT2D eigenvalue weighted by Gasteiger charge is 2.17. The highest BCUT2D eigenvalue weighted by atomic mass is 16.6. The van der Waals surface area contributed by atoms with Crippen LogP contribution in [0, 0.1) is 28.4 Å². The minimum atomic E-state index is -0.397. The summed E-state index contributed by atoms with van der Waals surface area (Å²) in [7, 11) is 0. The molecule has 0 unspecified atom stereocenters.